The van der Waals surface area contributed by atoms with Crippen LogP contribution in [0.15, 0.2) is 36.2 Å². The molecule has 2 aromatic rings. The number of hydrogen-bond acceptors (Lipinski definition) is 3. The zero-order valence-corrected chi connectivity index (χ0v) is 20.8. The summed E-state index contributed by atoms with van der Waals surface area (Å²) in [6.07, 6.45) is 7.48. The summed E-state index contributed by atoms with van der Waals surface area (Å²) in [7, 11) is 1.75. The van der Waals surface area contributed by atoms with E-state index in [9.17, 15) is 14.0 Å². The van der Waals surface area contributed by atoms with Crippen molar-refractivity contribution in [2.75, 3.05) is 7.05 Å². The van der Waals surface area contributed by atoms with Crippen molar-refractivity contribution in [1.82, 2.24) is 20.2 Å². The van der Waals surface area contributed by atoms with E-state index in [0.29, 0.717) is 24.3 Å². The second kappa shape index (κ2) is 7.90. The number of rotatable bonds is 3. The third-order valence-electron chi connectivity index (χ3n) is 10.3. The summed E-state index contributed by atoms with van der Waals surface area (Å²) >= 11 is 0. The van der Waals surface area contributed by atoms with Crippen molar-refractivity contribution in [1.29, 1.82) is 0 Å². The third-order valence-corrected chi connectivity index (χ3v) is 10.3. The summed E-state index contributed by atoms with van der Waals surface area (Å²) in [5.74, 6) is 1.09. The Morgan fingerprint density at radius 2 is 1.97 bits per heavy atom. The van der Waals surface area contributed by atoms with Gasteiger partial charge < -0.3 is 15.2 Å². The number of halogens is 1. The van der Waals surface area contributed by atoms with Crippen LogP contribution >= 0.6 is 0 Å². The maximum Gasteiger partial charge on any atom is 0.282 e. The number of aromatic nitrogens is 2. The zero-order chi connectivity index (χ0) is 24.5. The molecule has 2 N–H and O–H groups in total. The minimum atomic E-state index is -0.602. The highest BCUT2D eigenvalue weighted by atomic mass is 19.1. The molecule has 0 bridgehead atoms. The summed E-state index contributed by atoms with van der Waals surface area (Å²) in [4.78, 5) is 35.2. The van der Waals surface area contributed by atoms with E-state index < -0.39 is 11.7 Å². The number of hydrogen-bond donors (Lipinski definition) is 2. The van der Waals surface area contributed by atoms with Gasteiger partial charge in [-0.2, -0.15) is 0 Å². The number of imidazole rings is 1. The number of nitrogens with zero attached hydrogens (tertiary/aromatic N) is 2. The van der Waals surface area contributed by atoms with Crippen LogP contribution in [0.4, 0.5) is 4.39 Å². The second-order valence-corrected chi connectivity index (χ2v) is 11.8. The van der Waals surface area contributed by atoms with Gasteiger partial charge in [0.2, 0.25) is 5.91 Å². The molecule has 2 heterocycles. The first-order valence-corrected chi connectivity index (χ1v) is 13.1. The molecule has 7 heteroatoms. The molecule has 0 spiro atoms. The summed E-state index contributed by atoms with van der Waals surface area (Å²) in [6.45, 7) is 4.88. The molecule has 0 radical (unpaired) electrons. The first kappa shape index (κ1) is 22.7. The van der Waals surface area contributed by atoms with Gasteiger partial charge in [-0.3, -0.25) is 9.59 Å². The topological polar surface area (TPSA) is 78.1 Å². The van der Waals surface area contributed by atoms with Gasteiger partial charge in [-0.25, -0.2) is 9.37 Å². The molecule has 0 saturated heterocycles. The number of carbonyl (C=O) groups is 2. The third kappa shape index (κ3) is 3.30. The molecule has 3 aliphatic carbocycles. The van der Waals surface area contributed by atoms with E-state index in [1.165, 1.54) is 0 Å². The zero-order valence-electron chi connectivity index (χ0n) is 20.8. The fraction of sp³-hybridized carbons (Fsp3) is 0.607. The maximum atomic E-state index is 14.6. The summed E-state index contributed by atoms with van der Waals surface area (Å²) in [5.41, 5.74) is 1.51. The fourth-order valence-corrected chi connectivity index (χ4v) is 8.64. The molecule has 35 heavy (non-hydrogen) atoms. The van der Waals surface area contributed by atoms with Crippen LogP contribution in [0, 0.1) is 34.5 Å². The van der Waals surface area contributed by atoms with Crippen LogP contribution in [0.5, 0.6) is 0 Å². The highest BCUT2D eigenvalue weighted by Gasteiger charge is 2.62. The highest BCUT2D eigenvalue weighted by Crippen LogP contribution is 2.65. The van der Waals surface area contributed by atoms with Crippen LogP contribution < -0.4 is 5.32 Å². The van der Waals surface area contributed by atoms with Crippen molar-refractivity contribution in [2.45, 2.75) is 65.0 Å². The lowest BCUT2D eigenvalue weighted by Gasteiger charge is -2.60. The quantitative estimate of drug-likeness (QED) is 0.669. The highest BCUT2D eigenvalue weighted by molar-refractivity contribution is 5.92. The molecule has 6 nitrogen and oxygen atoms in total. The Morgan fingerprint density at radius 3 is 2.77 bits per heavy atom. The summed E-state index contributed by atoms with van der Waals surface area (Å²) in [5, 5.41) is 3.17. The standard InChI is InChI=1S/C28H35FN4O2/c1-27-13-12-18-16(8-11-23-28(18,2)14-20(29)26(35)33(23)3)17(27)9-10-19(27)25(34)30-15-24-31-21-6-4-5-7-22(21)32-24/h4-7,14,16-19,23H,8-13,15H2,1-3H3,(H,30,34)(H,31,32)/t16?,17-,18?,19+,23+,27-,28+/m0/s1. The smallest absolute Gasteiger partial charge is 0.282 e. The predicted octanol–water partition coefficient (Wildman–Crippen LogP) is 4.73. The number of aromatic amines is 1. The monoisotopic (exact) mass is 478 g/mol. The first-order valence-electron chi connectivity index (χ1n) is 13.1. The molecular weight excluding hydrogens is 443 g/mol. The Bertz CT molecular complexity index is 1190. The Morgan fingerprint density at radius 1 is 1.17 bits per heavy atom. The van der Waals surface area contributed by atoms with Gasteiger partial charge in [0.05, 0.1) is 17.6 Å². The Hall–Kier alpha value is -2.70. The van der Waals surface area contributed by atoms with Crippen LogP contribution in [-0.4, -0.2) is 39.8 Å². The maximum absolute atomic E-state index is 14.6. The number of fused-ring (bicyclic) bond motifs is 6. The minimum absolute atomic E-state index is 0.00811. The molecular formula is C28H35FN4O2. The van der Waals surface area contributed by atoms with E-state index in [-0.39, 0.29) is 28.7 Å². The number of amides is 2. The Balaban J connectivity index is 1.19. The molecule has 1 aromatic carbocycles. The van der Waals surface area contributed by atoms with Crippen LogP contribution in [0.3, 0.4) is 0 Å². The van der Waals surface area contributed by atoms with Crippen molar-refractivity contribution in [2.24, 2.45) is 34.5 Å². The van der Waals surface area contributed by atoms with E-state index in [2.05, 4.69) is 29.1 Å². The Labute approximate surface area is 205 Å². The number of likely N-dealkylation sites (N-methyl/N-ethyl adjacent to an activating group) is 1. The van der Waals surface area contributed by atoms with Gasteiger partial charge in [0.1, 0.15) is 5.82 Å². The first-order chi connectivity index (χ1) is 16.7. The van der Waals surface area contributed by atoms with Crippen molar-refractivity contribution >= 4 is 22.8 Å². The molecule has 2 amide bonds. The molecule has 186 valence electrons. The fourth-order valence-electron chi connectivity index (χ4n) is 8.64. The molecule has 3 saturated carbocycles. The number of para-hydroxylation sites is 2. The van der Waals surface area contributed by atoms with E-state index in [1.807, 2.05) is 24.3 Å². The molecule has 2 unspecified atom stereocenters. The van der Waals surface area contributed by atoms with E-state index in [1.54, 1.807) is 18.0 Å². The van der Waals surface area contributed by atoms with Crippen LogP contribution in [0.25, 0.3) is 11.0 Å². The largest absolute Gasteiger partial charge is 0.349 e. The average Bonchev–Trinajstić information content (AvgIpc) is 3.41. The van der Waals surface area contributed by atoms with Crippen molar-refractivity contribution in [3.8, 4) is 0 Å². The van der Waals surface area contributed by atoms with Crippen molar-refractivity contribution in [3.05, 3.63) is 42.0 Å². The number of carbonyl (C=O) groups excluding carboxylic acids is 2. The van der Waals surface area contributed by atoms with Crippen molar-refractivity contribution < 1.29 is 14.0 Å². The molecule has 1 aromatic heterocycles. The molecule has 4 aliphatic rings. The number of nitrogens with one attached hydrogen (secondary N) is 2. The van der Waals surface area contributed by atoms with Crippen LogP contribution in [0.1, 0.15) is 58.2 Å². The van der Waals surface area contributed by atoms with Gasteiger partial charge in [0, 0.05) is 24.4 Å². The normalized spacial score (nSPS) is 38.5. The molecule has 7 atom stereocenters. The van der Waals surface area contributed by atoms with Crippen molar-refractivity contribution in [3.63, 3.8) is 0 Å². The molecule has 1 aliphatic heterocycles. The van der Waals surface area contributed by atoms with E-state index >= 15 is 0 Å². The summed E-state index contributed by atoms with van der Waals surface area (Å²) in [6, 6.07) is 7.95. The van der Waals surface area contributed by atoms with Gasteiger partial charge >= 0.3 is 0 Å². The van der Waals surface area contributed by atoms with Crippen LogP contribution in [0.2, 0.25) is 0 Å². The summed E-state index contributed by atoms with van der Waals surface area (Å²) < 4.78 is 14.6. The SMILES string of the molecule is CN1C(=O)C(F)=C[C@]2(C)C3CC[C@]4(C)[C@@H](C(=O)NCc5nc6ccccc6[nH]5)CC[C@H]4C3CC[C@@H]12. The second-order valence-electron chi connectivity index (χ2n) is 11.8. The number of H-pyrrole nitrogens is 1. The predicted molar refractivity (Wildman–Crippen MR) is 132 cm³/mol. The average molecular weight is 479 g/mol. The molecule has 3 fully saturated rings. The van der Waals surface area contributed by atoms with E-state index in [0.717, 1.165) is 55.4 Å². The van der Waals surface area contributed by atoms with Crippen LogP contribution in [-0.2, 0) is 16.1 Å². The lowest BCUT2D eigenvalue weighted by Crippen LogP contribution is -2.60. The van der Waals surface area contributed by atoms with Gasteiger partial charge in [-0.1, -0.05) is 26.0 Å². The minimum Gasteiger partial charge on any atom is -0.349 e. The Kier molecular flexibility index (Phi) is 5.14. The lowest BCUT2D eigenvalue weighted by atomic mass is 9.47. The van der Waals surface area contributed by atoms with Gasteiger partial charge in [-0.15, -0.1) is 0 Å². The number of benzene rings is 1. The molecule has 6 rings (SSSR count). The van der Waals surface area contributed by atoms with Gasteiger partial charge in [0.15, 0.2) is 5.83 Å². The van der Waals surface area contributed by atoms with Gasteiger partial charge in [0.25, 0.3) is 5.91 Å². The van der Waals surface area contributed by atoms with Gasteiger partial charge in [-0.05, 0) is 79.9 Å². The lowest BCUT2D eigenvalue weighted by molar-refractivity contribution is -0.145. The van der Waals surface area contributed by atoms with E-state index in [4.69, 9.17) is 0 Å².